The van der Waals surface area contributed by atoms with Crippen LogP contribution in [0.3, 0.4) is 0 Å². The molecule has 0 aliphatic heterocycles. The van der Waals surface area contributed by atoms with Gasteiger partial charge in [0.1, 0.15) is 0 Å². The fourth-order valence-corrected chi connectivity index (χ4v) is 1.34. The Labute approximate surface area is 79.7 Å². The number of pyridine rings is 1. The zero-order valence-electron chi connectivity index (χ0n) is 8.25. The van der Waals surface area contributed by atoms with Crippen molar-refractivity contribution in [2.45, 2.75) is 19.9 Å². The molecule has 0 aliphatic carbocycles. The molecular weight excluding hydrogens is 160 g/mol. The molecule has 0 aliphatic rings. The van der Waals surface area contributed by atoms with E-state index in [1.807, 2.05) is 24.5 Å². The van der Waals surface area contributed by atoms with Gasteiger partial charge in [0.15, 0.2) is 0 Å². The summed E-state index contributed by atoms with van der Waals surface area (Å²) in [4.78, 5) is 4.11. The van der Waals surface area contributed by atoms with E-state index in [0.717, 1.165) is 6.54 Å². The summed E-state index contributed by atoms with van der Waals surface area (Å²) < 4.78 is 0. The number of likely N-dealkylation sites (N-methyl/N-ethyl adjacent to an activating group) is 1. The highest BCUT2D eigenvalue weighted by Crippen LogP contribution is 2.16. The summed E-state index contributed by atoms with van der Waals surface area (Å²) in [6, 6.07) is 2.24. The summed E-state index contributed by atoms with van der Waals surface area (Å²) in [7, 11) is 0. The van der Waals surface area contributed by atoms with E-state index in [1.54, 1.807) is 0 Å². The van der Waals surface area contributed by atoms with E-state index in [0.29, 0.717) is 0 Å². The van der Waals surface area contributed by atoms with Crippen LogP contribution in [0.5, 0.6) is 0 Å². The van der Waals surface area contributed by atoms with E-state index in [1.165, 1.54) is 11.1 Å². The molecule has 1 atom stereocenters. The Hall–Kier alpha value is -1.15. The van der Waals surface area contributed by atoms with Crippen molar-refractivity contribution < 1.29 is 0 Å². The minimum atomic E-state index is 0.221. The molecule has 0 spiro atoms. The van der Waals surface area contributed by atoms with Crippen LogP contribution in [0.2, 0.25) is 0 Å². The van der Waals surface area contributed by atoms with Gasteiger partial charge in [-0.05, 0) is 30.7 Å². The summed E-state index contributed by atoms with van der Waals surface area (Å²) in [6.07, 6.45) is 5.61. The van der Waals surface area contributed by atoms with Gasteiger partial charge in [-0.1, -0.05) is 13.0 Å². The second-order valence-electron chi connectivity index (χ2n) is 3.00. The Morgan fingerprint density at radius 1 is 1.69 bits per heavy atom. The van der Waals surface area contributed by atoms with Crippen LogP contribution >= 0.6 is 0 Å². The predicted molar refractivity (Wildman–Crippen MR) is 55.6 cm³/mol. The maximum absolute atomic E-state index is 4.11. The van der Waals surface area contributed by atoms with Gasteiger partial charge in [0.2, 0.25) is 0 Å². The van der Waals surface area contributed by atoms with Crippen molar-refractivity contribution in [3.05, 3.63) is 42.2 Å². The molecule has 0 fully saturated rings. The molecule has 1 aromatic rings. The van der Waals surface area contributed by atoms with E-state index in [9.17, 15) is 0 Å². The van der Waals surface area contributed by atoms with Crippen LogP contribution < -0.4 is 5.32 Å². The molecular formula is C11H16N2. The molecule has 0 aromatic carbocycles. The molecule has 2 nitrogen and oxygen atoms in total. The van der Waals surface area contributed by atoms with Gasteiger partial charge in [-0.3, -0.25) is 4.98 Å². The molecule has 0 amide bonds. The Balaban J connectivity index is 2.90. The lowest BCUT2D eigenvalue weighted by Crippen LogP contribution is -2.19. The molecule has 70 valence electrons. The van der Waals surface area contributed by atoms with Gasteiger partial charge in [-0.25, -0.2) is 0 Å². The Morgan fingerprint density at radius 3 is 3.00 bits per heavy atom. The lowest BCUT2D eigenvalue weighted by atomic mass is 10.0. The van der Waals surface area contributed by atoms with E-state index in [4.69, 9.17) is 0 Å². The Kier molecular flexibility index (Phi) is 3.65. The summed E-state index contributed by atoms with van der Waals surface area (Å²) in [5.41, 5.74) is 2.46. The first kappa shape index (κ1) is 9.93. The number of rotatable bonds is 4. The average Bonchev–Trinajstić information content (AvgIpc) is 2.16. The Bertz CT molecular complexity index is 281. The molecule has 1 rings (SSSR count). The number of nitrogens with zero attached hydrogens (tertiary/aromatic N) is 1. The first-order chi connectivity index (χ1) is 6.29. The highest BCUT2D eigenvalue weighted by Gasteiger charge is 2.07. The van der Waals surface area contributed by atoms with Gasteiger partial charge >= 0.3 is 0 Å². The van der Waals surface area contributed by atoms with Crippen LogP contribution in [0, 0.1) is 6.92 Å². The van der Waals surface area contributed by atoms with Crippen LogP contribution in [0.1, 0.15) is 24.1 Å². The van der Waals surface area contributed by atoms with Crippen LogP contribution in [-0.2, 0) is 0 Å². The topological polar surface area (TPSA) is 24.9 Å². The number of hydrogen-bond acceptors (Lipinski definition) is 2. The van der Waals surface area contributed by atoms with Gasteiger partial charge in [0, 0.05) is 12.4 Å². The second kappa shape index (κ2) is 4.77. The van der Waals surface area contributed by atoms with Crippen LogP contribution in [0.15, 0.2) is 31.1 Å². The minimum Gasteiger partial charge on any atom is -0.307 e. The van der Waals surface area contributed by atoms with E-state index >= 15 is 0 Å². The van der Waals surface area contributed by atoms with E-state index < -0.39 is 0 Å². The molecule has 1 heterocycles. The lowest BCUT2D eigenvalue weighted by molar-refractivity contribution is 0.644. The average molecular weight is 176 g/mol. The van der Waals surface area contributed by atoms with Crippen LogP contribution in [0.25, 0.3) is 0 Å². The van der Waals surface area contributed by atoms with Crippen molar-refractivity contribution in [1.82, 2.24) is 10.3 Å². The largest absolute Gasteiger partial charge is 0.307 e. The van der Waals surface area contributed by atoms with Gasteiger partial charge in [0.25, 0.3) is 0 Å². The maximum atomic E-state index is 4.11. The highest BCUT2D eigenvalue weighted by atomic mass is 14.9. The summed E-state index contributed by atoms with van der Waals surface area (Å²) >= 11 is 0. The lowest BCUT2D eigenvalue weighted by Gasteiger charge is -2.15. The first-order valence-corrected chi connectivity index (χ1v) is 4.56. The minimum absolute atomic E-state index is 0.221. The second-order valence-corrected chi connectivity index (χ2v) is 3.00. The fourth-order valence-electron chi connectivity index (χ4n) is 1.34. The van der Waals surface area contributed by atoms with Crippen molar-refractivity contribution in [2.24, 2.45) is 0 Å². The van der Waals surface area contributed by atoms with Crippen molar-refractivity contribution in [3.63, 3.8) is 0 Å². The third-order valence-corrected chi connectivity index (χ3v) is 2.07. The monoisotopic (exact) mass is 176 g/mol. The van der Waals surface area contributed by atoms with Crippen molar-refractivity contribution >= 4 is 0 Å². The number of hydrogen-bond donors (Lipinski definition) is 1. The number of aromatic nitrogens is 1. The smallest absolute Gasteiger partial charge is 0.0521 e. The highest BCUT2D eigenvalue weighted by molar-refractivity contribution is 5.27. The summed E-state index contributed by atoms with van der Waals surface area (Å²) in [6.45, 7) is 8.92. The fraction of sp³-hybridized carbons (Fsp3) is 0.364. The van der Waals surface area contributed by atoms with Gasteiger partial charge in [-0.2, -0.15) is 0 Å². The molecule has 2 heteroatoms. The molecule has 1 unspecified atom stereocenters. The predicted octanol–water partition coefficient (Wildman–Crippen LogP) is 2.23. The molecule has 1 N–H and O–H groups in total. The third kappa shape index (κ3) is 2.39. The van der Waals surface area contributed by atoms with Crippen molar-refractivity contribution in [3.8, 4) is 0 Å². The number of nitrogens with one attached hydrogen (secondary N) is 1. The maximum Gasteiger partial charge on any atom is 0.0521 e. The molecule has 13 heavy (non-hydrogen) atoms. The van der Waals surface area contributed by atoms with E-state index in [-0.39, 0.29) is 6.04 Å². The summed E-state index contributed by atoms with van der Waals surface area (Å²) in [5, 5.41) is 3.33. The molecule has 0 bridgehead atoms. The van der Waals surface area contributed by atoms with Crippen molar-refractivity contribution in [2.75, 3.05) is 6.54 Å². The molecule has 0 radical (unpaired) electrons. The Morgan fingerprint density at radius 2 is 2.46 bits per heavy atom. The zero-order valence-corrected chi connectivity index (χ0v) is 8.25. The normalized spacial score (nSPS) is 12.5. The summed E-state index contributed by atoms with van der Waals surface area (Å²) in [5.74, 6) is 0. The quantitative estimate of drug-likeness (QED) is 0.711. The standard InChI is InChI=1S/C11H16N2/c1-4-11(13-5-2)10-8-12-7-6-9(10)3/h4,6-8,11,13H,1,5H2,2-3H3. The zero-order chi connectivity index (χ0) is 9.68. The van der Waals surface area contributed by atoms with Gasteiger partial charge in [0.05, 0.1) is 6.04 Å². The van der Waals surface area contributed by atoms with Gasteiger partial charge < -0.3 is 5.32 Å². The third-order valence-electron chi connectivity index (χ3n) is 2.07. The molecule has 0 saturated carbocycles. The number of aryl methyl sites for hydroxylation is 1. The molecule has 0 saturated heterocycles. The van der Waals surface area contributed by atoms with Crippen LogP contribution in [0.4, 0.5) is 0 Å². The first-order valence-electron chi connectivity index (χ1n) is 4.56. The van der Waals surface area contributed by atoms with Crippen LogP contribution in [-0.4, -0.2) is 11.5 Å². The SMILES string of the molecule is C=CC(NCC)c1cnccc1C. The molecule has 1 aromatic heterocycles. The van der Waals surface area contributed by atoms with E-state index in [2.05, 4.69) is 30.7 Å². The van der Waals surface area contributed by atoms with Crippen molar-refractivity contribution in [1.29, 1.82) is 0 Å². The van der Waals surface area contributed by atoms with Gasteiger partial charge in [-0.15, -0.1) is 6.58 Å².